The molecule has 1 aliphatic rings. The Morgan fingerprint density at radius 2 is 1.89 bits per heavy atom. The number of nitriles is 1. The van der Waals surface area contributed by atoms with Gasteiger partial charge >= 0.3 is 0 Å². The van der Waals surface area contributed by atoms with Crippen LogP contribution < -0.4 is 4.74 Å². The maximum atomic E-state index is 12.9. The van der Waals surface area contributed by atoms with Crippen LogP contribution in [0.1, 0.15) is 28.9 Å². The van der Waals surface area contributed by atoms with Crippen LogP contribution in [0, 0.1) is 11.3 Å². The van der Waals surface area contributed by atoms with Crippen LogP contribution in [0.15, 0.2) is 43.0 Å². The molecule has 1 saturated heterocycles. The van der Waals surface area contributed by atoms with Crippen molar-refractivity contribution in [2.75, 3.05) is 13.1 Å². The highest BCUT2D eigenvalue weighted by atomic mass is 16.5. The zero-order chi connectivity index (χ0) is 18.6. The van der Waals surface area contributed by atoms with Gasteiger partial charge in [-0.05, 0) is 31.0 Å². The molecule has 0 bridgehead atoms. The number of aromatic nitrogens is 4. The Morgan fingerprint density at radius 1 is 1.11 bits per heavy atom. The number of likely N-dealkylation sites (tertiary alicyclic amines) is 1. The number of hydrogen-bond acceptors (Lipinski definition) is 7. The molecule has 1 amide bonds. The second-order valence-corrected chi connectivity index (χ2v) is 6.21. The zero-order valence-electron chi connectivity index (χ0n) is 14.4. The standard InChI is InChI=1S/C19H16N6O2/c20-11-17-18(24-8-7-23-17)27-14-2-1-9-25(12-14)19(26)13-3-4-15-16(10-13)22-6-5-21-15/h3-8,10,14H,1-2,9,12H2/t14-/m1/s1. The Balaban J connectivity index is 1.50. The smallest absolute Gasteiger partial charge is 0.254 e. The Morgan fingerprint density at radius 3 is 2.74 bits per heavy atom. The van der Waals surface area contributed by atoms with Crippen molar-refractivity contribution < 1.29 is 9.53 Å². The first-order valence-corrected chi connectivity index (χ1v) is 8.62. The summed E-state index contributed by atoms with van der Waals surface area (Å²) in [6.07, 6.45) is 7.53. The SMILES string of the molecule is N#Cc1nccnc1O[C@@H]1CCCN(C(=O)c2ccc3nccnc3c2)C1. The first-order chi connectivity index (χ1) is 13.2. The summed E-state index contributed by atoms with van der Waals surface area (Å²) in [4.78, 5) is 31.2. The normalized spacial score (nSPS) is 16.7. The van der Waals surface area contributed by atoms with Gasteiger partial charge in [0.05, 0.1) is 17.6 Å². The van der Waals surface area contributed by atoms with E-state index in [0.29, 0.717) is 24.2 Å². The van der Waals surface area contributed by atoms with Gasteiger partial charge in [-0.25, -0.2) is 9.97 Å². The van der Waals surface area contributed by atoms with E-state index in [9.17, 15) is 4.79 Å². The Hall–Kier alpha value is -3.60. The van der Waals surface area contributed by atoms with E-state index in [1.165, 1.54) is 12.4 Å². The fraction of sp³-hybridized carbons (Fsp3) is 0.263. The molecule has 4 rings (SSSR count). The molecule has 3 heterocycles. The van der Waals surface area contributed by atoms with Crippen molar-refractivity contribution in [2.24, 2.45) is 0 Å². The molecule has 8 nitrogen and oxygen atoms in total. The van der Waals surface area contributed by atoms with Crippen molar-refractivity contribution in [3.05, 3.63) is 54.2 Å². The second kappa shape index (κ2) is 7.33. The maximum Gasteiger partial charge on any atom is 0.254 e. The third kappa shape index (κ3) is 3.53. The van der Waals surface area contributed by atoms with Gasteiger partial charge in [0.2, 0.25) is 5.69 Å². The van der Waals surface area contributed by atoms with Crippen LogP contribution in [0.2, 0.25) is 0 Å². The average molecular weight is 360 g/mol. The first-order valence-electron chi connectivity index (χ1n) is 8.62. The van der Waals surface area contributed by atoms with Crippen molar-refractivity contribution in [3.8, 4) is 11.9 Å². The second-order valence-electron chi connectivity index (χ2n) is 6.21. The molecule has 8 heteroatoms. The number of piperidine rings is 1. The predicted octanol–water partition coefficient (Wildman–Crippen LogP) is 1.98. The summed E-state index contributed by atoms with van der Waals surface area (Å²) >= 11 is 0. The Labute approximate surface area is 155 Å². The molecule has 0 saturated carbocycles. The Kier molecular flexibility index (Phi) is 4.58. The van der Waals surface area contributed by atoms with Crippen LogP contribution in [-0.2, 0) is 0 Å². The van der Waals surface area contributed by atoms with E-state index in [1.54, 1.807) is 35.5 Å². The molecule has 1 aromatic carbocycles. The molecule has 3 aromatic rings. The fourth-order valence-electron chi connectivity index (χ4n) is 3.14. The molecule has 1 aliphatic heterocycles. The molecule has 0 spiro atoms. The van der Waals surface area contributed by atoms with Crippen LogP contribution in [0.25, 0.3) is 11.0 Å². The quantitative estimate of drug-likeness (QED) is 0.703. The molecule has 1 fully saturated rings. The summed E-state index contributed by atoms with van der Waals surface area (Å²) in [6.45, 7) is 1.08. The highest BCUT2D eigenvalue weighted by Crippen LogP contribution is 2.21. The van der Waals surface area contributed by atoms with Crippen LogP contribution in [0.3, 0.4) is 0 Å². The van der Waals surface area contributed by atoms with E-state index < -0.39 is 0 Å². The number of nitrogens with zero attached hydrogens (tertiary/aromatic N) is 6. The van der Waals surface area contributed by atoms with Gasteiger partial charge in [-0.1, -0.05) is 0 Å². The lowest BCUT2D eigenvalue weighted by atomic mass is 10.1. The minimum absolute atomic E-state index is 0.0736. The number of fused-ring (bicyclic) bond motifs is 1. The van der Waals surface area contributed by atoms with Crippen molar-refractivity contribution in [2.45, 2.75) is 18.9 Å². The monoisotopic (exact) mass is 360 g/mol. The molecular formula is C19H16N6O2. The minimum Gasteiger partial charge on any atom is -0.470 e. The average Bonchev–Trinajstić information content (AvgIpc) is 2.73. The number of benzene rings is 1. The summed E-state index contributed by atoms with van der Waals surface area (Å²) in [5.74, 6) is 0.135. The van der Waals surface area contributed by atoms with Crippen molar-refractivity contribution in [1.29, 1.82) is 5.26 Å². The van der Waals surface area contributed by atoms with Gasteiger partial charge in [-0.3, -0.25) is 14.8 Å². The molecule has 1 atom stereocenters. The summed E-state index contributed by atoms with van der Waals surface area (Å²) in [5, 5.41) is 9.12. The minimum atomic E-state index is -0.230. The third-order valence-electron chi connectivity index (χ3n) is 4.43. The molecule has 0 aliphatic carbocycles. The van der Waals surface area contributed by atoms with E-state index in [2.05, 4.69) is 19.9 Å². The van der Waals surface area contributed by atoms with E-state index >= 15 is 0 Å². The lowest BCUT2D eigenvalue weighted by Crippen LogP contribution is -2.44. The lowest BCUT2D eigenvalue weighted by molar-refractivity contribution is 0.0526. The number of rotatable bonds is 3. The largest absolute Gasteiger partial charge is 0.470 e. The summed E-state index contributed by atoms with van der Waals surface area (Å²) in [6, 6.07) is 7.29. The van der Waals surface area contributed by atoms with Crippen LogP contribution in [0.5, 0.6) is 5.88 Å². The zero-order valence-corrected chi connectivity index (χ0v) is 14.4. The highest BCUT2D eigenvalue weighted by Gasteiger charge is 2.27. The first kappa shape index (κ1) is 16.8. The third-order valence-corrected chi connectivity index (χ3v) is 4.43. The maximum absolute atomic E-state index is 12.9. The van der Waals surface area contributed by atoms with Crippen molar-refractivity contribution in [1.82, 2.24) is 24.8 Å². The molecule has 0 radical (unpaired) electrons. The van der Waals surface area contributed by atoms with Crippen molar-refractivity contribution in [3.63, 3.8) is 0 Å². The molecule has 0 unspecified atom stereocenters. The highest BCUT2D eigenvalue weighted by molar-refractivity contribution is 5.97. The topological polar surface area (TPSA) is 105 Å². The van der Waals surface area contributed by atoms with Gasteiger partial charge in [0.1, 0.15) is 12.2 Å². The van der Waals surface area contributed by atoms with Gasteiger partial charge < -0.3 is 9.64 Å². The summed E-state index contributed by atoms with van der Waals surface area (Å²) < 4.78 is 5.85. The number of hydrogen-bond donors (Lipinski definition) is 0. The lowest BCUT2D eigenvalue weighted by Gasteiger charge is -2.32. The van der Waals surface area contributed by atoms with Gasteiger partial charge in [0.15, 0.2) is 0 Å². The van der Waals surface area contributed by atoms with Crippen LogP contribution in [0.4, 0.5) is 0 Å². The van der Waals surface area contributed by atoms with Gasteiger partial charge in [-0.15, -0.1) is 0 Å². The molecular weight excluding hydrogens is 344 g/mol. The molecule has 134 valence electrons. The molecule has 27 heavy (non-hydrogen) atoms. The van der Waals surface area contributed by atoms with Gasteiger partial charge in [0, 0.05) is 36.9 Å². The molecule has 0 N–H and O–H groups in total. The Bertz CT molecular complexity index is 1030. The summed E-state index contributed by atoms with van der Waals surface area (Å²) in [5.41, 5.74) is 2.15. The van der Waals surface area contributed by atoms with Crippen LogP contribution >= 0.6 is 0 Å². The van der Waals surface area contributed by atoms with Crippen LogP contribution in [-0.4, -0.2) is 49.9 Å². The molecule has 2 aromatic heterocycles. The number of carbonyl (C=O) groups excluding carboxylic acids is 1. The van der Waals surface area contributed by atoms with Crippen molar-refractivity contribution >= 4 is 16.9 Å². The fourth-order valence-corrected chi connectivity index (χ4v) is 3.14. The summed E-state index contributed by atoms with van der Waals surface area (Å²) in [7, 11) is 0. The number of amides is 1. The van der Waals surface area contributed by atoms with Gasteiger partial charge in [0.25, 0.3) is 11.8 Å². The van der Waals surface area contributed by atoms with Gasteiger partial charge in [-0.2, -0.15) is 5.26 Å². The van der Waals surface area contributed by atoms with E-state index in [0.717, 1.165) is 18.4 Å². The predicted molar refractivity (Wildman–Crippen MR) is 95.8 cm³/mol. The van der Waals surface area contributed by atoms with E-state index in [-0.39, 0.29) is 23.6 Å². The van der Waals surface area contributed by atoms with E-state index in [1.807, 2.05) is 6.07 Å². The van der Waals surface area contributed by atoms with E-state index in [4.69, 9.17) is 10.00 Å². The number of ether oxygens (including phenoxy) is 1. The number of carbonyl (C=O) groups is 1.